The average molecular weight is 513 g/mol. The van der Waals surface area contributed by atoms with E-state index < -0.39 is 29.3 Å². The van der Waals surface area contributed by atoms with Crippen molar-refractivity contribution < 1.29 is 22.0 Å². The highest BCUT2D eigenvalue weighted by atomic mass is 32.1. The minimum absolute atomic E-state index is 0.0206. The summed E-state index contributed by atoms with van der Waals surface area (Å²) in [5.41, 5.74) is 1.91. The van der Waals surface area contributed by atoms with E-state index in [1.165, 1.54) is 5.56 Å². The summed E-state index contributed by atoms with van der Waals surface area (Å²) < 4.78 is 68.6. The highest BCUT2D eigenvalue weighted by molar-refractivity contribution is 7.80. The molecule has 1 aliphatic rings. The van der Waals surface area contributed by atoms with E-state index in [0.29, 0.717) is 24.6 Å². The third-order valence-electron chi connectivity index (χ3n) is 7.09. The van der Waals surface area contributed by atoms with Gasteiger partial charge in [-0.05, 0) is 73.8 Å². The van der Waals surface area contributed by atoms with E-state index in [1.54, 1.807) is 18.9 Å². The molecule has 0 aliphatic carbocycles. The molecule has 3 rings (SSSR count). The highest BCUT2D eigenvalue weighted by Crippen LogP contribution is 2.43. The van der Waals surface area contributed by atoms with Gasteiger partial charge in [0.2, 0.25) is 0 Å². The SMILES string of the molecule is C=C(N(C)C(C)c1cc(C(C)(F)F)cc(C(F)(F)F)c1)N1CCC(CS)C1c1ccc(C)cc1C. The number of likely N-dealkylation sites (tertiary alicyclic amines) is 1. The van der Waals surface area contributed by atoms with Crippen LogP contribution in [0.3, 0.4) is 0 Å². The van der Waals surface area contributed by atoms with E-state index in [-0.39, 0.29) is 17.5 Å². The number of thiol groups is 1. The molecular weight excluding hydrogens is 479 g/mol. The van der Waals surface area contributed by atoms with Gasteiger partial charge >= 0.3 is 6.18 Å². The lowest BCUT2D eigenvalue weighted by atomic mass is 9.91. The summed E-state index contributed by atoms with van der Waals surface area (Å²) in [6.45, 7) is 11.4. The lowest BCUT2D eigenvalue weighted by Crippen LogP contribution is -2.35. The van der Waals surface area contributed by atoms with E-state index in [9.17, 15) is 22.0 Å². The number of rotatable bonds is 7. The van der Waals surface area contributed by atoms with Gasteiger partial charge in [-0.25, -0.2) is 8.78 Å². The van der Waals surface area contributed by atoms with Crippen molar-refractivity contribution in [2.24, 2.45) is 5.92 Å². The van der Waals surface area contributed by atoms with Crippen LogP contribution in [0.2, 0.25) is 0 Å². The summed E-state index contributed by atoms with van der Waals surface area (Å²) in [5, 5.41) is 0. The number of aryl methyl sites for hydroxylation is 2. The Labute approximate surface area is 210 Å². The van der Waals surface area contributed by atoms with Gasteiger partial charge in [-0.3, -0.25) is 0 Å². The zero-order chi connectivity index (χ0) is 26.3. The van der Waals surface area contributed by atoms with Gasteiger partial charge in [0.05, 0.1) is 23.5 Å². The molecule has 3 unspecified atom stereocenters. The normalized spacial score (nSPS) is 19.7. The minimum atomic E-state index is -4.73. The molecule has 2 nitrogen and oxygen atoms in total. The van der Waals surface area contributed by atoms with Crippen LogP contribution in [0.25, 0.3) is 0 Å². The van der Waals surface area contributed by atoms with Gasteiger partial charge in [0.25, 0.3) is 5.92 Å². The van der Waals surface area contributed by atoms with Gasteiger partial charge in [0.15, 0.2) is 0 Å². The van der Waals surface area contributed by atoms with Crippen molar-refractivity contribution in [2.45, 2.75) is 58.3 Å². The summed E-state index contributed by atoms with van der Waals surface area (Å²) in [5.74, 6) is -1.80. The zero-order valence-electron chi connectivity index (χ0n) is 20.8. The van der Waals surface area contributed by atoms with Crippen LogP contribution in [0.5, 0.6) is 0 Å². The van der Waals surface area contributed by atoms with E-state index in [4.69, 9.17) is 0 Å². The van der Waals surface area contributed by atoms with Gasteiger partial charge in [0, 0.05) is 26.1 Å². The van der Waals surface area contributed by atoms with E-state index in [0.717, 1.165) is 36.2 Å². The number of halogens is 5. The fourth-order valence-corrected chi connectivity index (χ4v) is 5.26. The summed E-state index contributed by atoms with van der Waals surface area (Å²) >= 11 is 4.57. The predicted molar refractivity (Wildman–Crippen MR) is 134 cm³/mol. The first-order valence-corrected chi connectivity index (χ1v) is 12.2. The lowest BCUT2D eigenvalue weighted by molar-refractivity contribution is -0.137. The second kappa shape index (κ2) is 10.0. The molecule has 0 spiro atoms. The van der Waals surface area contributed by atoms with Crippen molar-refractivity contribution in [3.8, 4) is 0 Å². The summed E-state index contributed by atoms with van der Waals surface area (Å²) in [7, 11) is 1.74. The van der Waals surface area contributed by atoms with Crippen molar-refractivity contribution in [2.75, 3.05) is 19.3 Å². The van der Waals surface area contributed by atoms with Crippen LogP contribution in [0.1, 0.15) is 65.7 Å². The van der Waals surface area contributed by atoms with Crippen LogP contribution < -0.4 is 0 Å². The number of hydrogen-bond donors (Lipinski definition) is 1. The molecule has 1 saturated heterocycles. The molecule has 0 N–H and O–H groups in total. The fraction of sp³-hybridized carbons (Fsp3) is 0.481. The molecule has 2 aromatic carbocycles. The van der Waals surface area contributed by atoms with Crippen molar-refractivity contribution in [3.63, 3.8) is 0 Å². The third-order valence-corrected chi connectivity index (χ3v) is 7.56. The summed E-state index contributed by atoms with van der Waals surface area (Å²) in [6, 6.07) is 8.36. The maximum Gasteiger partial charge on any atom is 0.416 e. The van der Waals surface area contributed by atoms with Gasteiger partial charge in [-0.1, -0.05) is 30.3 Å². The summed E-state index contributed by atoms with van der Waals surface area (Å²) in [6.07, 6.45) is -3.83. The third kappa shape index (κ3) is 5.79. The second-order valence-electron chi connectivity index (χ2n) is 9.66. The Morgan fingerprint density at radius 3 is 2.29 bits per heavy atom. The Balaban J connectivity index is 1.96. The Bertz CT molecular complexity index is 1040. The zero-order valence-corrected chi connectivity index (χ0v) is 21.7. The van der Waals surface area contributed by atoms with Crippen molar-refractivity contribution in [1.29, 1.82) is 0 Å². The van der Waals surface area contributed by atoms with E-state index in [1.807, 2.05) is 6.92 Å². The average Bonchev–Trinajstić information content (AvgIpc) is 3.19. The first-order chi connectivity index (χ1) is 16.1. The number of hydrogen-bond acceptors (Lipinski definition) is 3. The van der Waals surface area contributed by atoms with E-state index >= 15 is 0 Å². The molecule has 0 saturated carbocycles. The number of benzene rings is 2. The van der Waals surface area contributed by atoms with E-state index in [2.05, 4.69) is 49.2 Å². The molecule has 1 heterocycles. The van der Waals surface area contributed by atoms with Gasteiger partial charge in [0.1, 0.15) is 0 Å². The van der Waals surface area contributed by atoms with Crippen LogP contribution in [-0.2, 0) is 12.1 Å². The molecule has 0 radical (unpaired) electrons. The molecule has 35 heavy (non-hydrogen) atoms. The molecule has 0 aromatic heterocycles. The Kier molecular flexibility index (Phi) is 7.85. The molecular formula is C27H33F5N2S. The first kappa shape index (κ1) is 27.4. The maximum atomic E-state index is 14.0. The highest BCUT2D eigenvalue weighted by Gasteiger charge is 2.38. The maximum absolute atomic E-state index is 14.0. The summed E-state index contributed by atoms with van der Waals surface area (Å²) in [4.78, 5) is 3.93. The number of nitrogens with zero attached hydrogens (tertiary/aromatic N) is 2. The molecule has 192 valence electrons. The Hall–Kier alpha value is -2.22. The quantitative estimate of drug-likeness (QED) is 0.298. The largest absolute Gasteiger partial charge is 0.416 e. The van der Waals surface area contributed by atoms with Crippen LogP contribution in [0, 0.1) is 19.8 Å². The van der Waals surface area contributed by atoms with Crippen LogP contribution in [0.15, 0.2) is 48.8 Å². The fourth-order valence-electron chi connectivity index (χ4n) is 4.88. The molecule has 0 amide bonds. The van der Waals surface area contributed by atoms with Crippen molar-refractivity contribution in [1.82, 2.24) is 9.80 Å². The number of alkyl halides is 5. The molecule has 2 aromatic rings. The smallest absolute Gasteiger partial charge is 0.355 e. The van der Waals surface area contributed by atoms with Gasteiger partial charge in [-0.2, -0.15) is 25.8 Å². The van der Waals surface area contributed by atoms with Crippen LogP contribution in [-0.4, -0.2) is 29.1 Å². The molecule has 3 atom stereocenters. The van der Waals surface area contributed by atoms with Crippen molar-refractivity contribution in [3.05, 3.63) is 82.2 Å². The monoisotopic (exact) mass is 512 g/mol. The molecule has 8 heteroatoms. The van der Waals surface area contributed by atoms with Crippen LogP contribution >= 0.6 is 12.6 Å². The first-order valence-electron chi connectivity index (χ1n) is 11.6. The Morgan fingerprint density at radius 2 is 1.74 bits per heavy atom. The van der Waals surface area contributed by atoms with Crippen LogP contribution in [0.4, 0.5) is 22.0 Å². The molecule has 1 aliphatic heterocycles. The topological polar surface area (TPSA) is 6.48 Å². The van der Waals surface area contributed by atoms with Gasteiger partial charge < -0.3 is 9.80 Å². The minimum Gasteiger partial charge on any atom is -0.355 e. The second-order valence-corrected chi connectivity index (χ2v) is 10.0. The molecule has 0 bridgehead atoms. The van der Waals surface area contributed by atoms with Crippen molar-refractivity contribution >= 4 is 12.6 Å². The molecule has 1 fully saturated rings. The standard InChI is InChI=1S/C27H33F5N2S/c1-16-7-8-24(17(2)11-16)25-20(15-35)9-10-34(25)19(4)33(6)18(3)21-12-22(26(5,28)29)14-23(13-21)27(30,31)32/h7-8,11-14,18,20,25,35H,4,9-10,15H2,1-3,5-6H3. The lowest BCUT2D eigenvalue weighted by Gasteiger charge is -2.39. The van der Waals surface area contributed by atoms with Gasteiger partial charge in [-0.15, -0.1) is 0 Å². The Morgan fingerprint density at radius 1 is 1.11 bits per heavy atom. The predicted octanol–water partition coefficient (Wildman–Crippen LogP) is 7.89.